The van der Waals surface area contributed by atoms with Crippen LogP contribution in [0.2, 0.25) is 10.0 Å². The summed E-state index contributed by atoms with van der Waals surface area (Å²) in [4.78, 5) is 12.7. The Labute approximate surface area is 134 Å². The summed E-state index contributed by atoms with van der Waals surface area (Å²) < 4.78 is 0. The number of carbonyl (C=O) groups excluding carboxylic acids is 1. The Bertz CT molecular complexity index is 640. The smallest absolute Gasteiger partial charge is 0.196 e. The predicted molar refractivity (Wildman–Crippen MR) is 86.2 cm³/mol. The Morgan fingerprint density at radius 2 is 1.81 bits per heavy atom. The fourth-order valence-corrected chi connectivity index (χ4v) is 2.72. The molecule has 2 aromatic rings. The van der Waals surface area contributed by atoms with Gasteiger partial charge in [-0.05, 0) is 30.2 Å². The molecule has 0 heterocycles. The first-order chi connectivity index (χ1) is 9.96. The molecule has 4 heteroatoms. The predicted octanol–water partition coefficient (Wildman–Crippen LogP) is 4.56. The van der Waals surface area contributed by atoms with E-state index >= 15 is 0 Å². The minimum atomic E-state index is -1.47. The lowest BCUT2D eigenvalue weighted by Crippen LogP contribution is -2.40. The van der Waals surface area contributed by atoms with Gasteiger partial charge in [-0.2, -0.15) is 0 Å². The molecular weight excluding hydrogens is 307 g/mol. The van der Waals surface area contributed by atoms with Crippen molar-refractivity contribution in [2.45, 2.75) is 25.4 Å². The Morgan fingerprint density at radius 1 is 1.14 bits per heavy atom. The van der Waals surface area contributed by atoms with Gasteiger partial charge in [0, 0.05) is 17.0 Å². The normalized spacial score (nSPS) is 13.7. The summed E-state index contributed by atoms with van der Waals surface area (Å²) in [5.41, 5.74) is -0.277. The van der Waals surface area contributed by atoms with Crippen molar-refractivity contribution in [3.63, 3.8) is 0 Å². The van der Waals surface area contributed by atoms with Gasteiger partial charge in [-0.25, -0.2) is 0 Å². The van der Waals surface area contributed by atoms with E-state index in [0.717, 1.165) is 5.56 Å². The van der Waals surface area contributed by atoms with Crippen LogP contribution in [0.4, 0.5) is 0 Å². The highest BCUT2D eigenvalue weighted by Crippen LogP contribution is 2.28. The lowest BCUT2D eigenvalue weighted by atomic mass is 9.84. The van der Waals surface area contributed by atoms with Gasteiger partial charge >= 0.3 is 0 Å². The molecule has 0 aliphatic heterocycles. The quantitative estimate of drug-likeness (QED) is 0.819. The van der Waals surface area contributed by atoms with E-state index in [9.17, 15) is 9.90 Å². The van der Waals surface area contributed by atoms with Crippen LogP contribution in [0.15, 0.2) is 48.5 Å². The molecule has 0 bridgehead atoms. The van der Waals surface area contributed by atoms with Crippen molar-refractivity contribution in [3.8, 4) is 0 Å². The van der Waals surface area contributed by atoms with Crippen LogP contribution in [0.5, 0.6) is 0 Å². The molecule has 0 saturated carbocycles. The second-order valence-corrected chi connectivity index (χ2v) is 5.84. The number of benzene rings is 2. The largest absolute Gasteiger partial charge is 0.381 e. The number of aliphatic hydroxyl groups is 1. The molecule has 21 heavy (non-hydrogen) atoms. The molecule has 0 spiro atoms. The van der Waals surface area contributed by atoms with Crippen LogP contribution in [0.1, 0.15) is 29.3 Å². The van der Waals surface area contributed by atoms with Crippen molar-refractivity contribution < 1.29 is 9.90 Å². The van der Waals surface area contributed by atoms with Gasteiger partial charge < -0.3 is 5.11 Å². The SMILES string of the molecule is CCC(O)(Cc1ccccc1)C(=O)c1ccc(Cl)cc1Cl. The summed E-state index contributed by atoms with van der Waals surface area (Å²) in [5.74, 6) is -0.379. The number of hydrogen-bond donors (Lipinski definition) is 1. The van der Waals surface area contributed by atoms with Crippen molar-refractivity contribution in [3.05, 3.63) is 69.7 Å². The zero-order valence-corrected chi connectivity index (χ0v) is 13.2. The van der Waals surface area contributed by atoms with Gasteiger partial charge in [0.05, 0.1) is 5.02 Å². The van der Waals surface area contributed by atoms with E-state index < -0.39 is 5.60 Å². The van der Waals surface area contributed by atoms with Crippen LogP contribution >= 0.6 is 23.2 Å². The third kappa shape index (κ3) is 3.65. The molecule has 0 aromatic heterocycles. The van der Waals surface area contributed by atoms with Crippen molar-refractivity contribution in [1.82, 2.24) is 0 Å². The highest BCUT2D eigenvalue weighted by Gasteiger charge is 2.35. The molecule has 2 aromatic carbocycles. The van der Waals surface area contributed by atoms with E-state index in [1.54, 1.807) is 19.1 Å². The molecule has 0 saturated heterocycles. The molecule has 1 atom stereocenters. The van der Waals surface area contributed by atoms with Crippen molar-refractivity contribution in [2.24, 2.45) is 0 Å². The Kier molecular flexibility index (Phi) is 5.04. The zero-order valence-electron chi connectivity index (χ0n) is 11.6. The Morgan fingerprint density at radius 3 is 2.38 bits per heavy atom. The van der Waals surface area contributed by atoms with E-state index in [1.165, 1.54) is 6.07 Å². The molecular formula is C17H16Cl2O2. The van der Waals surface area contributed by atoms with Crippen LogP contribution in [0.25, 0.3) is 0 Å². The summed E-state index contributed by atoms with van der Waals surface area (Å²) in [6.45, 7) is 1.78. The molecule has 2 rings (SSSR count). The maximum atomic E-state index is 12.7. The molecule has 0 aliphatic carbocycles. The first-order valence-corrected chi connectivity index (χ1v) is 7.48. The van der Waals surface area contributed by atoms with Gasteiger partial charge in [-0.15, -0.1) is 0 Å². The average molecular weight is 323 g/mol. The molecule has 1 unspecified atom stereocenters. The van der Waals surface area contributed by atoms with Gasteiger partial charge in [0.25, 0.3) is 0 Å². The highest BCUT2D eigenvalue weighted by atomic mass is 35.5. The van der Waals surface area contributed by atoms with Crippen molar-refractivity contribution in [2.75, 3.05) is 0 Å². The monoisotopic (exact) mass is 322 g/mol. The summed E-state index contributed by atoms with van der Waals surface area (Å²) >= 11 is 11.9. The minimum Gasteiger partial charge on any atom is -0.381 e. The molecule has 110 valence electrons. The van der Waals surface area contributed by atoms with E-state index in [0.29, 0.717) is 17.0 Å². The summed E-state index contributed by atoms with van der Waals surface area (Å²) in [7, 11) is 0. The molecule has 0 fully saturated rings. The zero-order chi connectivity index (χ0) is 15.5. The van der Waals surface area contributed by atoms with E-state index in [-0.39, 0.29) is 17.2 Å². The topological polar surface area (TPSA) is 37.3 Å². The minimum absolute atomic E-state index is 0.252. The highest BCUT2D eigenvalue weighted by molar-refractivity contribution is 6.37. The molecule has 0 amide bonds. The van der Waals surface area contributed by atoms with Crippen molar-refractivity contribution in [1.29, 1.82) is 0 Å². The van der Waals surface area contributed by atoms with Crippen LogP contribution < -0.4 is 0 Å². The fourth-order valence-electron chi connectivity index (χ4n) is 2.22. The van der Waals surface area contributed by atoms with Crippen LogP contribution in [0.3, 0.4) is 0 Å². The number of halogens is 2. The van der Waals surface area contributed by atoms with Gasteiger partial charge in [0.1, 0.15) is 5.60 Å². The van der Waals surface area contributed by atoms with Gasteiger partial charge in [-0.3, -0.25) is 4.79 Å². The third-order valence-corrected chi connectivity index (χ3v) is 4.07. The van der Waals surface area contributed by atoms with Gasteiger partial charge in [0.2, 0.25) is 0 Å². The first kappa shape index (κ1) is 16.0. The second-order valence-electron chi connectivity index (χ2n) is 5.00. The average Bonchev–Trinajstić information content (AvgIpc) is 2.47. The van der Waals surface area contributed by atoms with Crippen LogP contribution in [-0.2, 0) is 6.42 Å². The summed E-state index contributed by atoms with van der Waals surface area (Å²) in [6, 6.07) is 14.1. The van der Waals surface area contributed by atoms with E-state index in [2.05, 4.69) is 0 Å². The maximum absolute atomic E-state index is 12.7. The Hall–Kier alpha value is -1.35. The van der Waals surface area contributed by atoms with E-state index in [4.69, 9.17) is 23.2 Å². The summed E-state index contributed by atoms with van der Waals surface area (Å²) in [6.07, 6.45) is 0.557. The number of ketones is 1. The Balaban J connectivity index is 2.33. The molecule has 0 radical (unpaired) electrons. The molecule has 0 aliphatic rings. The summed E-state index contributed by atoms with van der Waals surface area (Å²) in [5, 5.41) is 11.5. The maximum Gasteiger partial charge on any atom is 0.196 e. The lowest BCUT2D eigenvalue weighted by molar-refractivity contribution is 0.0299. The standard InChI is InChI=1S/C17H16Cl2O2/c1-2-17(21,11-12-6-4-3-5-7-12)16(20)14-9-8-13(18)10-15(14)19/h3-10,21H,2,11H2,1H3. The number of hydrogen-bond acceptors (Lipinski definition) is 2. The third-order valence-electron chi connectivity index (χ3n) is 3.52. The van der Waals surface area contributed by atoms with Crippen molar-refractivity contribution >= 4 is 29.0 Å². The fraction of sp³-hybridized carbons (Fsp3) is 0.235. The number of rotatable bonds is 5. The van der Waals surface area contributed by atoms with Crippen LogP contribution in [0, 0.1) is 0 Å². The van der Waals surface area contributed by atoms with Crippen LogP contribution in [-0.4, -0.2) is 16.5 Å². The molecule has 1 N–H and O–H groups in total. The lowest BCUT2D eigenvalue weighted by Gasteiger charge is -2.26. The molecule has 2 nitrogen and oxygen atoms in total. The second kappa shape index (κ2) is 6.61. The van der Waals surface area contributed by atoms with E-state index in [1.807, 2.05) is 30.3 Å². The van der Waals surface area contributed by atoms with Gasteiger partial charge in [-0.1, -0.05) is 60.5 Å². The first-order valence-electron chi connectivity index (χ1n) is 6.72. The number of Topliss-reactive ketones (excluding diaryl/α,β-unsaturated/α-hetero) is 1. The number of carbonyl (C=O) groups is 1. The van der Waals surface area contributed by atoms with Gasteiger partial charge in [0.15, 0.2) is 5.78 Å².